The fourth-order valence-electron chi connectivity index (χ4n) is 5.31. The molecule has 0 aliphatic carbocycles. The van der Waals surface area contributed by atoms with Gasteiger partial charge < -0.3 is 15.1 Å². The van der Waals surface area contributed by atoms with Crippen LogP contribution < -0.4 is 15.1 Å². The summed E-state index contributed by atoms with van der Waals surface area (Å²) in [6.07, 6.45) is 4.29. The van der Waals surface area contributed by atoms with Crippen molar-refractivity contribution in [3.05, 3.63) is 107 Å². The first kappa shape index (κ1) is 19.9. The lowest BCUT2D eigenvalue weighted by atomic mass is 9.92. The highest BCUT2D eigenvalue weighted by Crippen LogP contribution is 2.47. The van der Waals surface area contributed by atoms with Crippen molar-refractivity contribution in [3.63, 3.8) is 0 Å². The van der Waals surface area contributed by atoms with Crippen LogP contribution in [0.25, 0.3) is 5.70 Å². The Bertz CT molecular complexity index is 1140. The first-order chi connectivity index (χ1) is 15.7. The van der Waals surface area contributed by atoms with Crippen molar-refractivity contribution in [3.8, 4) is 5.75 Å². The molecule has 5 heteroatoms. The number of rotatable bonds is 3. The van der Waals surface area contributed by atoms with E-state index < -0.39 is 0 Å². The maximum absolute atomic E-state index is 6.77. The molecule has 1 saturated heterocycles. The van der Waals surface area contributed by atoms with E-state index in [9.17, 15) is 0 Å². The molecule has 3 heterocycles. The van der Waals surface area contributed by atoms with Crippen molar-refractivity contribution in [1.29, 1.82) is 0 Å². The number of hydrogen-bond donors (Lipinski definition) is 2. The van der Waals surface area contributed by atoms with Crippen molar-refractivity contribution in [2.24, 2.45) is 0 Å². The van der Waals surface area contributed by atoms with E-state index in [1.807, 2.05) is 12.1 Å². The second kappa shape index (κ2) is 7.96. The Morgan fingerprint density at radius 1 is 0.938 bits per heavy atom. The maximum Gasteiger partial charge on any atom is 0.191 e. The van der Waals surface area contributed by atoms with Gasteiger partial charge in [-0.05, 0) is 29.8 Å². The van der Waals surface area contributed by atoms with Crippen LogP contribution >= 0.6 is 11.6 Å². The molecule has 3 aromatic rings. The first-order valence-electron chi connectivity index (χ1n) is 11.4. The Labute approximate surface area is 194 Å². The molecule has 6 rings (SSSR count). The lowest BCUT2D eigenvalue weighted by molar-refractivity contribution is -0.921. The smallest absolute Gasteiger partial charge is 0.191 e. The third kappa shape index (κ3) is 3.49. The predicted molar refractivity (Wildman–Crippen MR) is 127 cm³/mol. The minimum Gasteiger partial charge on any atom is -0.470 e. The van der Waals surface area contributed by atoms with E-state index in [2.05, 4.69) is 83.2 Å². The number of likely N-dealkylation sites (tertiary alicyclic amines) is 1. The second-order valence-electron chi connectivity index (χ2n) is 9.01. The van der Waals surface area contributed by atoms with Gasteiger partial charge in [0.15, 0.2) is 5.72 Å². The SMILES string of the molecule is Clc1ccc(C2=CC3c4ccccc4OC4(CC[NH+](Cc5ccccc5)CC4)N3N2)cc1. The molecule has 0 amide bonds. The standard InChI is InChI=1S/C27H26ClN3O/c28-22-12-10-21(11-13-22)24-18-25-23-8-4-5-9-26(23)32-27(31(25)29-24)14-16-30(17-15-27)19-20-6-2-1-3-7-20/h1-13,18,25,29H,14-17,19H2/p+1. The lowest BCUT2D eigenvalue weighted by Crippen LogP contribution is -3.12. The Morgan fingerprint density at radius 3 is 2.44 bits per heavy atom. The minimum absolute atomic E-state index is 0.154. The van der Waals surface area contributed by atoms with Gasteiger partial charge in [0.25, 0.3) is 0 Å². The highest BCUT2D eigenvalue weighted by molar-refractivity contribution is 6.30. The highest BCUT2D eigenvalue weighted by atomic mass is 35.5. The van der Waals surface area contributed by atoms with Crippen LogP contribution in [-0.4, -0.2) is 23.8 Å². The van der Waals surface area contributed by atoms with E-state index in [-0.39, 0.29) is 11.8 Å². The van der Waals surface area contributed by atoms with Crippen molar-refractivity contribution >= 4 is 17.3 Å². The first-order valence-corrected chi connectivity index (χ1v) is 11.8. The Morgan fingerprint density at radius 2 is 1.66 bits per heavy atom. The number of para-hydroxylation sites is 1. The van der Waals surface area contributed by atoms with Crippen LogP contribution in [0, 0.1) is 0 Å². The molecule has 3 aliphatic rings. The van der Waals surface area contributed by atoms with Crippen LogP contribution in [0.15, 0.2) is 84.9 Å². The molecule has 32 heavy (non-hydrogen) atoms. The molecule has 162 valence electrons. The zero-order valence-electron chi connectivity index (χ0n) is 17.9. The van der Waals surface area contributed by atoms with Gasteiger partial charge in [0, 0.05) is 16.1 Å². The lowest BCUT2D eigenvalue weighted by Gasteiger charge is -2.50. The van der Waals surface area contributed by atoms with E-state index in [0.717, 1.165) is 54.5 Å². The molecule has 0 saturated carbocycles. The zero-order chi connectivity index (χ0) is 21.5. The van der Waals surface area contributed by atoms with Gasteiger partial charge in [0.05, 0.1) is 37.7 Å². The van der Waals surface area contributed by atoms with Gasteiger partial charge in [-0.1, -0.05) is 72.3 Å². The van der Waals surface area contributed by atoms with Gasteiger partial charge >= 0.3 is 0 Å². The molecule has 0 bridgehead atoms. The number of fused-ring (bicyclic) bond motifs is 4. The number of piperidine rings is 1. The molecule has 0 radical (unpaired) electrons. The Hall–Kier alpha value is -2.79. The Kier molecular flexibility index (Phi) is 4.94. The molecule has 1 fully saturated rings. The van der Waals surface area contributed by atoms with Gasteiger partial charge in [-0.2, -0.15) is 5.01 Å². The molecule has 0 aromatic heterocycles. The third-order valence-electron chi connectivity index (χ3n) is 7.01. The number of halogens is 1. The number of nitrogens with zero attached hydrogens (tertiary/aromatic N) is 1. The van der Waals surface area contributed by atoms with Crippen molar-refractivity contribution in [1.82, 2.24) is 10.4 Å². The fraction of sp³-hybridized carbons (Fsp3) is 0.259. The second-order valence-corrected chi connectivity index (χ2v) is 9.45. The van der Waals surface area contributed by atoms with E-state index in [1.54, 1.807) is 4.90 Å². The average molecular weight is 445 g/mol. The third-order valence-corrected chi connectivity index (χ3v) is 7.26. The number of quaternary nitrogens is 1. The minimum atomic E-state index is -0.343. The van der Waals surface area contributed by atoms with E-state index in [4.69, 9.17) is 16.3 Å². The van der Waals surface area contributed by atoms with Gasteiger partial charge in [-0.15, -0.1) is 0 Å². The summed E-state index contributed by atoms with van der Waals surface area (Å²) in [7, 11) is 0. The molecule has 4 nitrogen and oxygen atoms in total. The van der Waals surface area contributed by atoms with Crippen LogP contribution in [-0.2, 0) is 6.54 Å². The normalized spacial score (nSPS) is 26.6. The molecule has 1 atom stereocenters. The summed E-state index contributed by atoms with van der Waals surface area (Å²) in [5.41, 5.74) is 8.24. The largest absolute Gasteiger partial charge is 0.470 e. The number of ether oxygens (including phenoxy) is 1. The zero-order valence-corrected chi connectivity index (χ0v) is 18.7. The summed E-state index contributed by atoms with van der Waals surface area (Å²) in [6, 6.07) is 27.5. The van der Waals surface area contributed by atoms with Crippen LogP contribution in [0.2, 0.25) is 5.02 Å². The summed E-state index contributed by atoms with van der Waals surface area (Å²) < 4.78 is 6.77. The van der Waals surface area contributed by atoms with E-state index >= 15 is 0 Å². The number of hydrazine groups is 1. The average Bonchev–Trinajstić information content (AvgIpc) is 3.29. The predicted octanol–water partition coefficient (Wildman–Crippen LogP) is 4.21. The van der Waals surface area contributed by atoms with E-state index in [0.29, 0.717) is 0 Å². The van der Waals surface area contributed by atoms with Gasteiger partial charge in [-0.3, -0.25) is 0 Å². The summed E-state index contributed by atoms with van der Waals surface area (Å²) >= 11 is 6.12. The molecular weight excluding hydrogens is 418 g/mol. The van der Waals surface area contributed by atoms with E-state index in [1.165, 1.54) is 11.1 Å². The van der Waals surface area contributed by atoms with Gasteiger partial charge in [-0.25, -0.2) is 0 Å². The topological polar surface area (TPSA) is 28.9 Å². The van der Waals surface area contributed by atoms with Crippen LogP contribution in [0.3, 0.4) is 0 Å². The number of benzene rings is 3. The Balaban J connectivity index is 1.28. The molecule has 1 spiro atoms. The molecule has 3 aromatic carbocycles. The van der Waals surface area contributed by atoms with Crippen molar-refractivity contribution < 1.29 is 9.64 Å². The van der Waals surface area contributed by atoms with Gasteiger partial charge in [0.1, 0.15) is 12.3 Å². The summed E-state index contributed by atoms with van der Waals surface area (Å²) in [5.74, 6) is 1.01. The van der Waals surface area contributed by atoms with Crippen molar-refractivity contribution in [2.45, 2.75) is 31.2 Å². The molecule has 3 aliphatic heterocycles. The monoisotopic (exact) mass is 444 g/mol. The summed E-state index contributed by atoms with van der Waals surface area (Å²) in [6.45, 7) is 3.23. The molecule has 2 N–H and O–H groups in total. The van der Waals surface area contributed by atoms with Crippen molar-refractivity contribution in [2.75, 3.05) is 13.1 Å². The van der Waals surface area contributed by atoms with Crippen LogP contribution in [0.4, 0.5) is 0 Å². The van der Waals surface area contributed by atoms with Gasteiger partial charge in [0.2, 0.25) is 0 Å². The highest BCUT2D eigenvalue weighted by Gasteiger charge is 2.52. The number of nitrogens with one attached hydrogen (secondary N) is 2. The number of hydrogen-bond acceptors (Lipinski definition) is 3. The van der Waals surface area contributed by atoms with Crippen LogP contribution in [0.5, 0.6) is 5.75 Å². The molecule has 1 unspecified atom stereocenters. The molecular formula is C27H27ClN3O+. The summed E-state index contributed by atoms with van der Waals surface area (Å²) in [5, 5.41) is 3.11. The quantitative estimate of drug-likeness (QED) is 0.634. The maximum atomic E-state index is 6.77. The van der Waals surface area contributed by atoms with Crippen LogP contribution in [0.1, 0.15) is 35.6 Å². The fourth-order valence-corrected chi connectivity index (χ4v) is 5.44. The summed E-state index contributed by atoms with van der Waals surface area (Å²) in [4.78, 5) is 1.62.